The van der Waals surface area contributed by atoms with E-state index in [0.29, 0.717) is 22.0 Å². The van der Waals surface area contributed by atoms with E-state index in [1.54, 1.807) is 0 Å². The van der Waals surface area contributed by atoms with Crippen LogP contribution in [-0.2, 0) is 0 Å². The lowest BCUT2D eigenvalue weighted by Gasteiger charge is -2.29. The lowest BCUT2D eigenvalue weighted by molar-refractivity contribution is 0.636. The first-order valence-electron chi connectivity index (χ1n) is 7.51. The van der Waals surface area contributed by atoms with E-state index in [0.717, 1.165) is 6.42 Å². The molecule has 0 aromatic heterocycles. The molecule has 1 aliphatic rings. The smallest absolute Gasteiger partial charge is 0.0595 e. The van der Waals surface area contributed by atoms with Crippen LogP contribution in [0.4, 0.5) is 0 Å². The van der Waals surface area contributed by atoms with Gasteiger partial charge in [0.2, 0.25) is 0 Å². The zero-order valence-corrected chi connectivity index (χ0v) is 14.2. The fraction of sp³-hybridized carbons (Fsp3) is 0.263. The minimum atomic E-state index is 0.321. The molecule has 3 heteroatoms. The number of halogens is 2. The number of hydrogen-bond donors (Lipinski definition) is 1. The van der Waals surface area contributed by atoms with Gasteiger partial charge in [0.1, 0.15) is 0 Å². The molecule has 0 heterocycles. The Labute approximate surface area is 142 Å². The van der Waals surface area contributed by atoms with Gasteiger partial charge in [-0.25, -0.2) is 0 Å². The zero-order valence-electron chi connectivity index (χ0n) is 12.7. The lowest BCUT2D eigenvalue weighted by atomic mass is 9.77. The fourth-order valence-electron chi connectivity index (χ4n) is 3.08. The molecule has 0 amide bonds. The summed E-state index contributed by atoms with van der Waals surface area (Å²) in [6.07, 6.45) is 3.31. The minimum Gasteiger partial charge on any atom is -0.314 e. The molecule has 1 aliphatic carbocycles. The van der Waals surface area contributed by atoms with Gasteiger partial charge in [-0.05, 0) is 49.2 Å². The molecule has 3 rings (SSSR count). The minimum absolute atomic E-state index is 0.321. The highest BCUT2D eigenvalue weighted by molar-refractivity contribution is 6.42. The van der Waals surface area contributed by atoms with Crippen molar-refractivity contribution in [1.82, 2.24) is 5.32 Å². The predicted molar refractivity (Wildman–Crippen MR) is 95.9 cm³/mol. The third kappa shape index (κ3) is 2.94. The molecule has 2 unspecified atom stereocenters. The molecule has 2 aromatic carbocycles. The molecule has 22 heavy (non-hydrogen) atoms. The highest BCUT2D eigenvalue weighted by atomic mass is 35.5. The van der Waals surface area contributed by atoms with Crippen molar-refractivity contribution in [2.75, 3.05) is 7.05 Å². The van der Waals surface area contributed by atoms with Gasteiger partial charge >= 0.3 is 0 Å². The van der Waals surface area contributed by atoms with Crippen LogP contribution in [0.15, 0.2) is 48.0 Å². The highest BCUT2D eigenvalue weighted by Gasteiger charge is 2.25. The first kappa shape index (κ1) is 15.6. The topological polar surface area (TPSA) is 12.0 Å². The summed E-state index contributed by atoms with van der Waals surface area (Å²) >= 11 is 12.3. The van der Waals surface area contributed by atoms with Crippen LogP contribution >= 0.6 is 23.2 Å². The molecule has 0 bridgehead atoms. The first-order valence-corrected chi connectivity index (χ1v) is 8.27. The lowest BCUT2D eigenvalue weighted by Crippen LogP contribution is -2.26. The van der Waals surface area contributed by atoms with Gasteiger partial charge in [0.05, 0.1) is 10.0 Å². The Morgan fingerprint density at radius 2 is 1.86 bits per heavy atom. The Morgan fingerprint density at radius 1 is 1.09 bits per heavy atom. The summed E-state index contributed by atoms with van der Waals surface area (Å²) in [5.41, 5.74) is 5.28. The molecule has 0 spiro atoms. The summed E-state index contributed by atoms with van der Waals surface area (Å²) in [4.78, 5) is 0. The molecule has 2 atom stereocenters. The van der Waals surface area contributed by atoms with Gasteiger partial charge in [-0.15, -0.1) is 0 Å². The van der Waals surface area contributed by atoms with E-state index in [-0.39, 0.29) is 0 Å². The number of fused-ring (bicyclic) bond motifs is 1. The quantitative estimate of drug-likeness (QED) is 0.780. The van der Waals surface area contributed by atoms with Crippen molar-refractivity contribution < 1.29 is 0 Å². The van der Waals surface area contributed by atoms with Crippen molar-refractivity contribution in [2.45, 2.75) is 25.3 Å². The molecule has 0 fully saturated rings. The second-order valence-electron chi connectivity index (χ2n) is 5.79. The fourth-order valence-corrected chi connectivity index (χ4v) is 3.38. The molecular weight excluding hydrogens is 313 g/mol. The summed E-state index contributed by atoms with van der Waals surface area (Å²) < 4.78 is 0. The van der Waals surface area contributed by atoms with Crippen LogP contribution in [0.5, 0.6) is 0 Å². The normalized spacial score (nSPS) is 18.5. The third-order valence-corrected chi connectivity index (χ3v) is 5.23. The van der Waals surface area contributed by atoms with Crippen molar-refractivity contribution >= 4 is 29.3 Å². The second kappa shape index (κ2) is 6.45. The first-order chi connectivity index (χ1) is 10.6. The van der Waals surface area contributed by atoms with Crippen molar-refractivity contribution in [2.24, 2.45) is 0 Å². The predicted octanol–water partition coefficient (Wildman–Crippen LogP) is 5.52. The zero-order chi connectivity index (χ0) is 15.7. The standard InChI is InChI=1S/C19H19Cl2N/c1-12(22-2)15-9-13-5-3-4-6-16(13)17(10-15)14-7-8-18(20)19(21)11-14/h3-9,11-12,17,22H,10H2,1-2H3. The Hall–Kier alpha value is -1.28. The summed E-state index contributed by atoms with van der Waals surface area (Å²) in [5.74, 6) is 0.321. The molecule has 1 nitrogen and oxygen atoms in total. The molecule has 2 aromatic rings. The van der Waals surface area contributed by atoms with Crippen LogP contribution in [0, 0.1) is 0 Å². The monoisotopic (exact) mass is 331 g/mol. The average molecular weight is 332 g/mol. The van der Waals surface area contributed by atoms with Gasteiger partial charge in [0, 0.05) is 12.0 Å². The van der Waals surface area contributed by atoms with Crippen LogP contribution < -0.4 is 5.32 Å². The van der Waals surface area contributed by atoms with Gasteiger partial charge < -0.3 is 5.32 Å². The van der Waals surface area contributed by atoms with Crippen LogP contribution in [0.25, 0.3) is 6.08 Å². The molecule has 0 saturated heterocycles. The van der Waals surface area contributed by atoms with E-state index >= 15 is 0 Å². The molecule has 0 aliphatic heterocycles. The van der Waals surface area contributed by atoms with E-state index < -0.39 is 0 Å². The van der Waals surface area contributed by atoms with Crippen molar-refractivity contribution in [3.05, 3.63) is 74.8 Å². The Bertz CT molecular complexity index is 721. The van der Waals surface area contributed by atoms with Crippen LogP contribution in [0.3, 0.4) is 0 Å². The van der Waals surface area contributed by atoms with E-state index in [4.69, 9.17) is 23.2 Å². The number of likely N-dealkylation sites (N-methyl/N-ethyl adjacent to an activating group) is 1. The summed E-state index contributed by atoms with van der Waals surface area (Å²) in [5, 5.41) is 4.57. The van der Waals surface area contributed by atoms with Gasteiger partial charge in [-0.2, -0.15) is 0 Å². The van der Waals surface area contributed by atoms with Gasteiger partial charge in [-0.3, -0.25) is 0 Å². The molecule has 0 radical (unpaired) electrons. The van der Waals surface area contributed by atoms with E-state index in [1.807, 2.05) is 19.2 Å². The van der Waals surface area contributed by atoms with Crippen molar-refractivity contribution in [3.8, 4) is 0 Å². The van der Waals surface area contributed by atoms with Gasteiger partial charge in [0.15, 0.2) is 0 Å². The number of nitrogens with one attached hydrogen (secondary N) is 1. The maximum Gasteiger partial charge on any atom is 0.0595 e. The van der Waals surface area contributed by atoms with Gasteiger partial charge in [-0.1, -0.05) is 65.2 Å². The van der Waals surface area contributed by atoms with Crippen molar-refractivity contribution in [1.29, 1.82) is 0 Å². The number of rotatable bonds is 3. The highest BCUT2D eigenvalue weighted by Crippen LogP contribution is 2.40. The second-order valence-corrected chi connectivity index (χ2v) is 6.60. The van der Waals surface area contributed by atoms with Crippen LogP contribution in [0.2, 0.25) is 10.0 Å². The number of hydrogen-bond acceptors (Lipinski definition) is 1. The summed E-state index contributed by atoms with van der Waals surface area (Å²) in [6.45, 7) is 2.20. The summed E-state index contributed by atoms with van der Waals surface area (Å²) in [6, 6.07) is 14.9. The van der Waals surface area contributed by atoms with E-state index in [2.05, 4.69) is 48.6 Å². The van der Waals surface area contributed by atoms with Crippen LogP contribution in [0.1, 0.15) is 36.0 Å². The summed E-state index contributed by atoms with van der Waals surface area (Å²) in [7, 11) is 2.00. The third-order valence-electron chi connectivity index (χ3n) is 4.49. The Kier molecular flexibility index (Phi) is 4.58. The molecule has 114 valence electrons. The Balaban J connectivity index is 2.07. The maximum atomic E-state index is 6.23. The molecule has 0 saturated carbocycles. The SMILES string of the molecule is CNC(C)C1=Cc2ccccc2C(c2ccc(Cl)c(Cl)c2)C1. The van der Waals surface area contributed by atoms with Crippen molar-refractivity contribution in [3.63, 3.8) is 0 Å². The Morgan fingerprint density at radius 3 is 2.59 bits per heavy atom. The van der Waals surface area contributed by atoms with E-state index in [1.165, 1.54) is 22.3 Å². The molecular formula is C19H19Cl2N. The van der Waals surface area contributed by atoms with Gasteiger partial charge in [0.25, 0.3) is 0 Å². The maximum absolute atomic E-state index is 6.23. The average Bonchev–Trinajstić information content (AvgIpc) is 2.55. The molecule has 1 N–H and O–H groups in total. The van der Waals surface area contributed by atoms with E-state index in [9.17, 15) is 0 Å². The van der Waals surface area contributed by atoms with Crippen LogP contribution in [-0.4, -0.2) is 13.1 Å². The number of benzene rings is 2. The largest absolute Gasteiger partial charge is 0.314 e.